The van der Waals surface area contributed by atoms with Gasteiger partial charge in [-0.25, -0.2) is 0 Å². The smallest absolute Gasteiger partial charge is 0.250 e. The van der Waals surface area contributed by atoms with E-state index in [-0.39, 0.29) is 12.2 Å². The lowest BCUT2D eigenvalue weighted by molar-refractivity contribution is 0.111. The first kappa shape index (κ1) is 13.9. The summed E-state index contributed by atoms with van der Waals surface area (Å²) >= 11 is 0. The van der Waals surface area contributed by atoms with Crippen molar-refractivity contribution in [1.82, 2.24) is 4.57 Å². The Labute approximate surface area is 116 Å². The molecule has 0 N–H and O–H groups in total. The topological polar surface area (TPSA) is 57.5 Å². The molecule has 0 spiro atoms. The van der Waals surface area contributed by atoms with Crippen LogP contribution >= 0.6 is 0 Å². The third-order valence-corrected chi connectivity index (χ3v) is 2.84. The van der Waals surface area contributed by atoms with Crippen LogP contribution in [0.15, 0.2) is 47.4 Å². The second kappa shape index (κ2) is 6.56. The second-order valence-electron chi connectivity index (χ2n) is 4.10. The molecule has 1 aromatic carbocycles. The number of ether oxygens (including phenoxy) is 2. The first-order valence-corrected chi connectivity index (χ1v) is 6.16. The molecular weight excluding hydrogens is 258 g/mol. The average Bonchev–Trinajstić information content (AvgIpc) is 2.49. The minimum Gasteiger partial charge on any atom is -0.497 e. The van der Waals surface area contributed by atoms with Crippen LogP contribution in [-0.4, -0.2) is 24.6 Å². The molecule has 0 aliphatic carbocycles. The van der Waals surface area contributed by atoms with E-state index in [1.165, 1.54) is 6.07 Å². The summed E-state index contributed by atoms with van der Waals surface area (Å²) in [5, 5.41) is 0. The van der Waals surface area contributed by atoms with Gasteiger partial charge in [0.25, 0.3) is 5.56 Å². The van der Waals surface area contributed by atoms with Crippen molar-refractivity contribution in [3.05, 3.63) is 58.5 Å². The number of nitrogens with zero attached hydrogens (tertiary/aromatic N) is 1. The molecule has 0 fully saturated rings. The molecular formula is C15H15NO4. The molecule has 0 bridgehead atoms. The maximum absolute atomic E-state index is 11.5. The van der Waals surface area contributed by atoms with E-state index in [0.717, 1.165) is 6.29 Å². The van der Waals surface area contributed by atoms with Gasteiger partial charge in [0.2, 0.25) is 0 Å². The molecule has 5 heteroatoms. The van der Waals surface area contributed by atoms with E-state index in [0.29, 0.717) is 23.6 Å². The van der Waals surface area contributed by atoms with Crippen LogP contribution in [0.1, 0.15) is 10.4 Å². The van der Waals surface area contributed by atoms with Crippen molar-refractivity contribution < 1.29 is 14.3 Å². The SMILES string of the molecule is COc1ccc(C=O)c(OCCn2ccccc2=O)c1. The molecule has 0 aliphatic rings. The predicted molar refractivity (Wildman–Crippen MR) is 74.6 cm³/mol. The maximum Gasteiger partial charge on any atom is 0.250 e. The lowest BCUT2D eigenvalue weighted by atomic mass is 10.2. The molecule has 2 aromatic rings. The van der Waals surface area contributed by atoms with Crippen LogP contribution in [0.25, 0.3) is 0 Å². The van der Waals surface area contributed by atoms with Gasteiger partial charge in [-0.15, -0.1) is 0 Å². The maximum atomic E-state index is 11.5. The number of methoxy groups -OCH3 is 1. The summed E-state index contributed by atoms with van der Waals surface area (Å²) in [5.74, 6) is 1.06. The van der Waals surface area contributed by atoms with Crippen LogP contribution in [0.4, 0.5) is 0 Å². The Kier molecular flexibility index (Phi) is 4.55. The van der Waals surface area contributed by atoms with Gasteiger partial charge >= 0.3 is 0 Å². The fourth-order valence-corrected chi connectivity index (χ4v) is 1.76. The van der Waals surface area contributed by atoms with Crippen molar-refractivity contribution >= 4 is 6.29 Å². The van der Waals surface area contributed by atoms with Gasteiger partial charge in [-0.3, -0.25) is 9.59 Å². The van der Waals surface area contributed by atoms with E-state index in [9.17, 15) is 9.59 Å². The van der Waals surface area contributed by atoms with Crippen LogP contribution in [0.2, 0.25) is 0 Å². The highest BCUT2D eigenvalue weighted by Gasteiger charge is 2.05. The van der Waals surface area contributed by atoms with E-state index in [1.807, 2.05) is 0 Å². The number of aromatic nitrogens is 1. The summed E-state index contributed by atoms with van der Waals surface area (Å²) in [6, 6.07) is 9.93. The van der Waals surface area contributed by atoms with Gasteiger partial charge in [0.05, 0.1) is 19.2 Å². The molecule has 0 aliphatic heterocycles. The standard InChI is InChI=1S/C15H15NO4/c1-19-13-6-5-12(11-17)14(10-13)20-9-8-16-7-3-2-4-15(16)18/h2-7,10-11H,8-9H2,1H3. The van der Waals surface area contributed by atoms with E-state index in [1.54, 1.807) is 48.2 Å². The van der Waals surface area contributed by atoms with Gasteiger partial charge in [0.15, 0.2) is 6.29 Å². The normalized spacial score (nSPS) is 10.1. The monoisotopic (exact) mass is 273 g/mol. The molecule has 2 rings (SSSR count). The second-order valence-corrected chi connectivity index (χ2v) is 4.10. The van der Waals surface area contributed by atoms with Crippen LogP contribution in [0.5, 0.6) is 11.5 Å². The van der Waals surface area contributed by atoms with Crippen molar-refractivity contribution in [3.8, 4) is 11.5 Å². The number of hydrogen-bond donors (Lipinski definition) is 0. The quantitative estimate of drug-likeness (QED) is 0.752. The summed E-state index contributed by atoms with van der Waals surface area (Å²) in [4.78, 5) is 22.5. The third-order valence-electron chi connectivity index (χ3n) is 2.84. The van der Waals surface area contributed by atoms with Crippen LogP contribution < -0.4 is 15.0 Å². The summed E-state index contributed by atoms with van der Waals surface area (Å²) in [7, 11) is 1.54. The van der Waals surface area contributed by atoms with Crippen LogP contribution in [0.3, 0.4) is 0 Å². The Bertz CT molecular complexity index is 648. The van der Waals surface area contributed by atoms with Crippen molar-refractivity contribution in [2.45, 2.75) is 6.54 Å². The molecule has 1 heterocycles. The molecule has 5 nitrogen and oxygen atoms in total. The van der Waals surface area contributed by atoms with E-state index in [4.69, 9.17) is 9.47 Å². The molecule has 104 valence electrons. The highest BCUT2D eigenvalue weighted by Crippen LogP contribution is 2.23. The van der Waals surface area contributed by atoms with Gasteiger partial charge in [0.1, 0.15) is 18.1 Å². The Morgan fingerprint density at radius 1 is 1.25 bits per heavy atom. The molecule has 0 atom stereocenters. The third kappa shape index (κ3) is 3.26. The Balaban J connectivity index is 2.05. The van der Waals surface area contributed by atoms with Crippen LogP contribution in [0, 0.1) is 0 Å². The minimum atomic E-state index is -0.0858. The summed E-state index contributed by atoms with van der Waals surface area (Å²) in [5.41, 5.74) is 0.364. The number of carbonyl (C=O) groups is 1. The lowest BCUT2D eigenvalue weighted by Crippen LogP contribution is -2.21. The van der Waals surface area contributed by atoms with Crippen molar-refractivity contribution in [1.29, 1.82) is 0 Å². The number of aldehydes is 1. The van der Waals surface area contributed by atoms with Gasteiger partial charge in [-0.2, -0.15) is 0 Å². The molecule has 0 amide bonds. The summed E-state index contributed by atoms with van der Waals surface area (Å²) in [6.45, 7) is 0.701. The zero-order valence-electron chi connectivity index (χ0n) is 11.1. The highest BCUT2D eigenvalue weighted by molar-refractivity contribution is 5.79. The fraction of sp³-hybridized carbons (Fsp3) is 0.200. The number of rotatable bonds is 6. The highest BCUT2D eigenvalue weighted by atomic mass is 16.5. The molecule has 0 radical (unpaired) electrons. The predicted octanol–water partition coefficient (Wildman–Crippen LogP) is 1.75. The largest absolute Gasteiger partial charge is 0.497 e. The Hall–Kier alpha value is -2.56. The van der Waals surface area contributed by atoms with Gasteiger partial charge in [-0.1, -0.05) is 6.07 Å². The van der Waals surface area contributed by atoms with Gasteiger partial charge in [0, 0.05) is 18.3 Å². The number of carbonyl (C=O) groups excluding carboxylic acids is 1. The Morgan fingerprint density at radius 3 is 2.80 bits per heavy atom. The lowest BCUT2D eigenvalue weighted by Gasteiger charge is -2.11. The van der Waals surface area contributed by atoms with E-state index >= 15 is 0 Å². The average molecular weight is 273 g/mol. The van der Waals surface area contributed by atoms with Crippen molar-refractivity contribution in [2.24, 2.45) is 0 Å². The van der Waals surface area contributed by atoms with Crippen molar-refractivity contribution in [3.63, 3.8) is 0 Å². The van der Waals surface area contributed by atoms with Gasteiger partial charge in [-0.05, 0) is 18.2 Å². The molecule has 0 saturated carbocycles. The summed E-state index contributed by atoms with van der Waals surface area (Å²) in [6.07, 6.45) is 2.42. The zero-order chi connectivity index (χ0) is 14.4. The number of hydrogen-bond acceptors (Lipinski definition) is 4. The Morgan fingerprint density at radius 2 is 2.10 bits per heavy atom. The number of benzene rings is 1. The zero-order valence-corrected chi connectivity index (χ0v) is 11.1. The first-order valence-electron chi connectivity index (χ1n) is 6.16. The first-order chi connectivity index (χ1) is 9.74. The van der Waals surface area contributed by atoms with Crippen LogP contribution in [-0.2, 0) is 6.54 Å². The molecule has 1 aromatic heterocycles. The van der Waals surface area contributed by atoms with E-state index in [2.05, 4.69) is 0 Å². The molecule has 0 unspecified atom stereocenters. The summed E-state index contributed by atoms with van der Waals surface area (Å²) < 4.78 is 12.2. The fourth-order valence-electron chi connectivity index (χ4n) is 1.76. The van der Waals surface area contributed by atoms with E-state index < -0.39 is 0 Å². The molecule has 0 saturated heterocycles. The number of pyridine rings is 1. The molecule has 20 heavy (non-hydrogen) atoms. The van der Waals surface area contributed by atoms with Crippen molar-refractivity contribution in [2.75, 3.05) is 13.7 Å². The van der Waals surface area contributed by atoms with Gasteiger partial charge < -0.3 is 14.0 Å². The minimum absolute atomic E-state index is 0.0858.